The van der Waals surface area contributed by atoms with Crippen LogP contribution in [0.2, 0.25) is 0 Å². The molecule has 130 valence electrons. The third-order valence-corrected chi connectivity index (χ3v) is 4.50. The summed E-state index contributed by atoms with van der Waals surface area (Å²) in [6, 6.07) is 3.12. The van der Waals surface area contributed by atoms with Crippen molar-refractivity contribution in [2.24, 2.45) is 5.92 Å². The van der Waals surface area contributed by atoms with Crippen LogP contribution in [-0.2, 0) is 0 Å². The maximum Gasteiger partial charge on any atom is 0.277 e. The summed E-state index contributed by atoms with van der Waals surface area (Å²) in [6.07, 6.45) is 2.16. The fourth-order valence-electron chi connectivity index (χ4n) is 3.25. The van der Waals surface area contributed by atoms with E-state index < -0.39 is 0 Å². The number of aromatic hydroxyl groups is 1. The number of rotatable bonds is 4. The smallest absolute Gasteiger partial charge is 0.277 e. The number of nitrogens with zero attached hydrogens (tertiary/aromatic N) is 2. The summed E-state index contributed by atoms with van der Waals surface area (Å²) in [4.78, 5) is 13.3. The number of benzene rings is 1. The van der Waals surface area contributed by atoms with Gasteiger partial charge in [0.05, 0.1) is 10.5 Å². The van der Waals surface area contributed by atoms with Crippen LogP contribution in [0.15, 0.2) is 12.1 Å². The van der Waals surface area contributed by atoms with Crippen molar-refractivity contribution in [3.05, 3.63) is 33.4 Å². The van der Waals surface area contributed by atoms with Gasteiger partial charge in [-0.2, -0.15) is 0 Å². The number of piperazine rings is 1. The second kappa shape index (κ2) is 8.15. The molecule has 1 aromatic carbocycles. The molecule has 23 heavy (non-hydrogen) atoms. The Hall–Kier alpha value is -1.08. The number of nitro benzene ring substituents is 1. The van der Waals surface area contributed by atoms with E-state index in [-0.39, 0.29) is 47.2 Å². The van der Waals surface area contributed by atoms with Gasteiger partial charge in [0.15, 0.2) is 0 Å². The highest BCUT2D eigenvalue weighted by Crippen LogP contribution is 2.50. The SMILES string of the molecule is Cc1ccc([N+](=O)[O-])c([C@H](C2CC2)N2CCNCC2)c1O.Cl.Cl. The number of aryl methyl sites for hydroxylation is 1. The Morgan fingerprint density at radius 2 is 1.91 bits per heavy atom. The lowest BCUT2D eigenvalue weighted by Crippen LogP contribution is -2.45. The molecule has 2 N–H and O–H groups in total. The van der Waals surface area contributed by atoms with Gasteiger partial charge in [0.25, 0.3) is 5.69 Å². The first-order valence-corrected chi connectivity index (χ1v) is 7.51. The van der Waals surface area contributed by atoms with E-state index in [1.54, 1.807) is 13.0 Å². The Labute approximate surface area is 148 Å². The number of hydrogen-bond donors (Lipinski definition) is 2. The van der Waals surface area contributed by atoms with Gasteiger partial charge >= 0.3 is 0 Å². The van der Waals surface area contributed by atoms with Crippen LogP contribution >= 0.6 is 24.8 Å². The molecule has 0 radical (unpaired) electrons. The number of phenols is 1. The van der Waals surface area contributed by atoms with E-state index in [9.17, 15) is 15.2 Å². The predicted molar refractivity (Wildman–Crippen MR) is 93.9 cm³/mol. The van der Waals surface area contributed by atoms with Crippen LogP contribution in [0.25, 0.3) is 0 Å². The summed E-state index contributed by atoms with van der Waals surface area (Å²) >= 11 is 0. The lowest BCUT2D eigenvalue weighted by molar-refractivity contribution is -0.386. The highest BCUT2D eigenvalue weighted by Gasteiger charge is 2.41. The predicted octanol–water partition coefficient (Wildman–Crippen LogP) is 2.81. The molecular formula is C15H23Cl2N3O3. The first kappa shape index (κ1) is 20.0. The molecule has 0 bridgehead atoms. The summed E-state index contributed by atoms with van der Waals surface area (Å²) in [5, 5.41) is 25.1. The monoisotopic (exact) mass is 363 g/mol. The van der Waals surface area contributed by atoms with Crippen LogP contribution in [0.4, 0.5) is 5.69 Å². The van der Waals surface area contributed by atoms with Crippen molar-refractivity contribution in [1.82, 2.24) is 10.2 Å². The van der Waals surface area contributed by atoms with Gasteiger partial charge < -0.3 is 10.4 Å². The third kappa shape index (κ3) is 4.07. The topological polar surface area (TPSA) is 78.6 Å². The zero-order valence-corrected chi connectivity index (χ0v) is 14.7. The van der Waals surface area contributed by atoms with E-state index in [4.69, 9.17) is 0 Å². The van der Waals surface area contributed by atoms with E-state index >= 15 is 0 Å². The van der Waals surface area contributed by atoms with Gasteiger partial charge in [-0.1, -0.05) is 0 Å². The molecule has 2 fully saturated rings. The van der Waals surface area contributed by atoms with Gasteiger partial charge in [-0.25, -0.2) is 0 Å². The maximum absolute atomic E-state index is 11.4. The third-order valence-electron chi connectivity index (χ3n) is 4.50. The summed E-state index contributed by atoms with van der Waals surface area (Å²) in [6.45, 7) is 5.31. The first-order chi connectivity index (χ1) is 10.1. The van der Waals surface area contributed by atoms with Gasteiger partial charge in [-0.05, 0) is 37.3 Å². The lowest BCUT2D eigenvalue weighted by atomic mass is 9.95. The molecule has 1 aliphatic carbocycles. The molecule has 3 rings (SSSR count). The van der Waals surface area contributed by atoms with Crippen molar-refractivity contribution in [2.75, 3.05) is 26.2 Å². The fourth-order valence-corrected chi connectivity index (χ4v) is 3.25. The van der Waals surface area contributed by atoms with E-state index in [2.05, 4.69) is 10.2 Å². The van der Waals surface area contributed by atoms with Crippen LogP contribution in [0.5, 0.6) is 5.75 Å². The Kier molecular flexibility index (Phi) is 7.07. The zero-order valence-electron chi connectivity index (χ0n) is 13.0. The van der Waals surface area contributed by atoms with E-state index in [0.29, 0.717) is 17.0 Å². The average molecular weight is 364 g/mol. The Morgan fingerprint density at radius 3 is 2.43 bits per heavy atom. The molecule has 2 aliphatic rings. The molecule has 1 saturated carbocycles. The molecule has 8 heteroatoms. The minimum atomic E-state index is -0.369. The molecule has 1 heterocycles. The Balaban J connectivity index is 0.00000132. The minimum absolute atomic E-state index is 0. The highest BCUT2D eigenvalue weighted by molar-refractivity contribution is 5.85. The second-order valence-corrected chi connectivity index (χ2v) is 5.99. The summed E-state index contributed by atoms with van der Waals surface area (Å²) in [5.74, 6) is 0.522. The van der Waals surface area contributed by atoms with Crippen LogP contribution in [0, 0.1) is 23.0 Å². The average Bonchev–Trinajstić information content (AvgIpc) is 3.29. The van der Waals surface area contributed by atoms with Crippen molar-refractivity contribution in [1.29, 1.82) is 0 Å². The van der Waals surface area contributed by atoms with E-state index in [1.165, 1.54) is 6.07 Å². The van der Waals surface area contributed by atoms with Crippen molar-refractivity contribution in [3.8, 4) is 5.75 Å². The van der Waals surface area contributed by atoms with E-state index in [1.807, 2.05) is 0 Å². The van der Waals surface area contributed by atoms with Gasteiger partial charge in [0.1, 0.15) is 5.75 Å². The van der Waals surface area contributed by atoms with Gasteiger partial charge in [-0.3, -0.25) is 15.0 Å². The summed E-state index contributed by atoms with van der Waals surface area (Å²) < 4.78 is 0. The molecule has 1 aromatic rings. The van der Waals surface area contributed by atoms with Crippen LogP contribution in [-0.4, -0.2) is 41.1 Å². The number of nitro groups is 1. The number of phenolic OH excluding ortho intramolecular Hbond substituents is 1. The molecular weight excluding hydrogens is 341 g/mol. The lowest BCUT2D eigenvalue weighted by Gasteiger charge is -2.35. The summed E-state index contributed by atoms with van der Waals surface area (Å²) in [7, 11) is 0. The number of halogens is 2. The first-order valence-electron chi connectivity index (χ1n) is 7.51. The molecule has 0 spiro atoms. The van der Waals surface area contributed by atoms with Gasteiger partial charge in [0.2, 0.25) is 0 Å². The van der Waals surface area contributed by atoms with Crippen LogP contribution < -0.4 is 5.32 Å². The quantitative estimate of drug-likeness (QED) is 0.635. The van der Waals surface area contributed by atoms with E-state index in [0.717, 1.165) is 39.0 Å². The molecule has 0 amide bonds. The maximum atomic E-state index is 11.4. The molecule has 6 nitrogen and oxygen atoms in total. The largest absolute Gasteiger partial charge is 0.507 e. The number of nitrogens with one attached hydrogen (secondary N) is 1. The molecule has 1 aliphatic heterocycles. The molecule has 0 aromatic heterocycles. The Morgan fingerprint density at radius 1 is 1.30 bits per heavy atom. The van der Waals surface area contributed by atoms with Gasteiger partial charge in [0, 0.05) is 38.3 Å². The molecule has 1 saturated heterocycles. The van der Waals surface area contributed by atoms with Crippen molar-refractivity contribution >= 4 is 30.5 Å². The number of hydrogen-bond acceptors (Lipinski definition) is 5. The van der Waals surface area contributed by atoms with Crippen LogP contribution in [0.3, 0.4) is 0 Å². The standard InChI is InChI=1S/C15H21N3O3.2ClH/c1-10-2-5-12(18(20)21)13(15(10)19)14(11-3-4-11)17-8-6-16-7-9-17;;/h2,5,11,14,16,19H,3-4,6-9H2,1H3;2*1H/t14-;;/m0../s1. The summed E-state index contributed by atoms with van der Waals surface area (Å²) in [5.41, 5.74) is 1.27. The van der Waals surface area contributed by atoms with Gasteiger partial charge in [-0.15, -0.1) is 24.8 Å². The second-order valence-electron chi connectivity index (χ2n) is 5.99. The highest BCUT2D eigenvalue weighted by atomic mass is 35.5. The van der Waals surface area contributed by atoms with Crippen molar-refractivity contribution in [2.45, 2.75) is 25.8 Å². The van der Waals surface area contributed by atoms with Crippen molar-refractivity contribution in [3.63, 3.8) is 0 Å². The molecule has 1 atom stereocenters. The van der Waals surface area contributed by atoms with Crippen LogP contribution in [0.1, 0.15) is 30.0 Å². The fraction of sp³-hybridized carbons (Fsp3) is 0.600. The minimum Gasteiger partial charge on any atom is -0.507 e. The molecule has 0 unspecified atom stereocenters. The zero-order chi connectivity index (χ0) is 15.0. The Bertz CT molecular complexity index is 561. The van der Waals surface area contributed by atoms with Crippen molar-refractivity contribution < 1.29 is 10.0 Å². The normalized spacial score (nSPS) is 19.3.